The first-order valence-corrected chi connectivity index (χ1v) is 13.1. The molecule has 2 unspecified atom stereocenters. The maximum absolute atomic E-state index is 13.8. The fraction of sp³-hybridized carbons (Fsp3) is 0.414. The lowest BCUT2D eigenvalue weighted by atomic mass is 9.99. The van der Waals surface area contributed by atoms with Crippen LogP contribution in [0, 0.1) is 6.92 Å². The summed E-state index contributed by atoms with van der Waals surface area (Å²) in [5.41, 5.74) is 3.97. The van der Waals surface area contributed by atoms with E-state index in [9.17, 15) is 14.7 Å². The Morgan fingerprint density at radius 2 is 1.87 bits per heavy atom. The minimum absolute atomic E-state index is 0.181. The van der Waals surface area contributed by atoms with Crippen LogP contribution in [0.3, 0.4) is 0 Å². The van der Waals surface area contributed by atoms with E-state index in [1.54, 1.807) is 54.2 Å². The van der Waals surface area contributed by atoms with E-state index in [0.29, 0.717) is 36.1 Å². The van der Waals surface area contributed by atoms with Gasteiger partial charge in [0.2, 0.25) is 5.91 Å². The van der Waals surface area contributed by atoms with Crippen LogP contribution in [-0.2, 0) is 11.8 Å². The second-order valence-electron chi connectivity index (χ2n) is 10.3. The zero-order chi connectivity index (χ0) is 26.8. The lowest BCUT2D eigenvalue weighted by Gasteiger charge is -2.31. The normalized spacial score (nSPS) is 19.1. The van der Waals surface area contributed by atoms with Gasteiger partial charge in [-0.3, -0.25) is 19.2 Å². The van der Waals surface area contributed by atoms with Crippen LogP contribution in [0.25, 0.3) is 0 Å². The Bertz CT molecular complexity index is 1300. The number of amides is 2. The van der Waals surface area contributed by atoms with E-state index < -0.39 is 12.1 Å². The molecule has 1 saturated heterocycles. The molecule has 2 N–H and O–H groups in total. The van der Waals surface area contributed by atoms with Crippen molar-refractivity contribution >= 4 is 17.5 Å². The molecule has 2 aromatic carbocycles. The molecule has 2 heterocycles. The Morgan fingerprint density at radius 1 is 1.11 bits per heavy atom. The largest absolute Gasteiger partial charge is 0.497 e. The molecule has 2 fully saturated rings. The summed E-state index contributed by atoms with van der Waals surface area (Å²) in [6, 6.07) is 14.8. The first-order valence-electron chi connectivity index (χ1n) is 13.1. The highest BCUT2D eigenvalue weighted by Crippen LogP contribution is 2.41. The lowest BCUT2D eigenvalue weighted by molar-refractivity contribution is -0.121. The van der Waals surface area contributed by atoms with Crippen LogP contribution in [0.5, 0.6) is 5.75 Å². The van der Waals surface area contributed by atoms with Crippen molar-refractivity contribution in [1.29, 1.82) is 0 Å². The quantitative estimate of drug-likeness (QED) is 0.500. The molecule has 9 nitrogen and oxygen atoms in total. The third-order valence-electron chi connectivity index (χ3n) is 7.28. The van der Waals surface area contributed by atoms with Gasteiger partial charge in [0.05, 0.1) is 13.2 Å². The minimum Gasteiger partial charge on any atom is -0.497 e. The minimum atomic E-state index is -0.812. The maximum atomic E-state index is 13.8. The second-order valence-corrected chi connectivity index (χ2v) is 10.3. The first-order chi connectivity index (χ1) is 18.3. The Labute approximate surface area is 223 Å². The highest BCUT2D eigenvalue weighted by Gasteiger charge is 2.35. The van der Waals surface area contributed by atoms with Gasteiger partial charge < -0.3 is 20.1 Å². The molecule has 2 aliphatic rings. The van der Waals surface area contributed by atoms with Gasteiger partial charge in [-0.15, -0.1) is 0 Å². The molecule has 1 aromatic heterocycles. The van der Waals surface area contributed by atoms with Crippen molar-refractivity contribution in [2.24, 2.45) is 7.05 Å². The van der Waals surface area contributed by atoms with Gasteiger partial charge in [0.1, 0.15) is 11.8 Å². The molecule has 3 aromatic rings. The predicted octanol–water partition coefficient (Wildman–Crippen LogP) is 3.11. The Balaban J connectivity index is 1.40. The molecule has 1 aliphatic heterocycles. The molecular weight excluding hydrogens is 482 g/mol. The van der Waals surface area contributed by atoms with Crippen LogP contribution in [0.15, 0.2) is 54.7 Å². The number of aryl methyl sites for hydroxylation is 2. The summed E-state index contributed by atoms with van der Waals surface area (Å²) in [5, 5.41) is 18.3. The second kappa shape index (κ2) is 11.0. The molecule has 1 aliphatic carbocycles. The highest BCUT2D eigenvalue weighted by molar-refractivity contribution is 5.96. The lowest BCUT2D eigenvalue weighted by Crippen LogP contribution is -2.41. The Morgan fingerprint density at radius 3 is 2.53 bits per heavy atom. The summed E-state index contributed by atoms with van der Waals surface area (Å²) in [7, 11) is 3.38. The van der Waals surface area contributed by atoms with Crippen LogP contribution in [0.1, 0.15) is 52.0 Å². The maximum Gasteiger partial charge on any atom is 0.274 e. The number of benzene rings is 2. The number of carbonyl (C=O) groups is 2. The average Bonchev–Trinajstić information content (AvgIpc) is 3.72. The molecule has 0 spiro atoms. The van der Waals surface area contributed by atoms with Gasteiger partial charge in [-0.25, -0.2) is 0 Å². The number of aliphatic hydroxyl groups is 1. The molecule has 1 saturated carbocycles. The molecule has 5 rings (SSSR count). The summed E-state index contributed by atoms with van der Waals surface area (Å²) in [6.45, 7) is 3.11. The van der Waals surface area contributed by atoms with Crippen LogP contribution < -0.4 is 10.1 Å². The number of hydrogen-bond donors (Lipinski definition) is 2. The van der Waals surface area contributed by atoms with E-state index in [0.717, 1.165) is 11.1 Å². The fourth-order valence-electron chi connectivity index (χ4n) is 5.21. The van der Waals surface area contributed by atoms with E-state index in [4.69, 9.17) is 4.74 Å². The van der Waals surface area contributed by atoms with Gasteiger partial charge in [-0.1, -0.05) is 24.3 Å². The summed E-state index contributed by atoms with van der Waals surface area (Å²) in [4.78, 5) is 30.7. The number of rotatable bonds is 7. The summed E-state index contributed by atoms with van der Waals surface area (Å²) in [5.74, 6) is 0.861. The monoisotopic (exact) mass is 517 g/mol. The zero-order valence-electron chi connectivity index (χ0n) is 22.1. The van der Waals surface area contributed by atoms with Gasteiger partial charge in [-0.05, 0) is 61.1 Å². The highest BCUT2D eigenvalue weighted by atomic mass is 16.5. The number of nitrogens with zero attached hydrogens (tertiary/aromatic N) is 4. The van der Waals surface area contributed by atoms with Gasteiger partial charge in [0.25, 0.3) is 5.91 Å². The molecule has 2 amide bonds. The van der Waals surface area contributed by atoms with Gasteiger partial charge in [0, 0.05) is 50.7 Å². The molecule has 200 valence electrons. The van der Waals surface area contributed by atoms with Crippen molar-refractivity contribution in [2.75, 3.05) is 38.6 Å². The number of ether oxygens (including phenoxy) is 1. The molecule has 2 atom stereocenters. The predicted molar refractivity (Wildman–Crippen MR) is 144 cm³/mol. The molecular formula is C29H35N5O4. The van der Waals surface area contributed by atoms with Gasteiger partial charge >= 0.3 is 0 Å². The van der Waals surface area contributed by atoms with Gasteiger partial charge in [0.15, 0.2) is 5.69 Å². The SMILES string of the molecule is COc1ccc(NC(=O)C(c2cccc(C3CC3)c2)N2CCN(C(=O)c3nn(C)cc3C)CC(O)C2)cc1. The third-order valence-corrected chi connectivity index (χ3v) is 7.28. The molecule has 9 heteroatoms. The van der Waals surface area contributed by atoms with E-state index in [2.05, 4.69) is 22.5 Å². The van der Waals surface area contributed by atoms with Gasteiger partial charge in [-0.2, -0.15) is 5.10 Å². The van der Waals surface area contributed by atoms with Crippen LogP contribution in [0.4, 0.5) is 5.69 Å². The number of aromatic nitrogens is 2. The number of anilines is 1. The number of nitrogens with one attached hydrogen (secondary N) is 1. The number of carbonyl (C=O) groups excluding carboxylic acids is 2. The van der Waals surface area contributed by atoms with Crippen LogP contribution in [-0.4, -0.2) is 75.9 Å². The van der Waals surface area contributed by atoms with Crippen molar-refractivity contribution in [2.45, 2.75) is 37.8 Å². The van der Waals surface area contributed by atoms with Crippen molar-refractivity contribution < 1.29 is 19.4 Å². The van der Waals surface area contributed by atoms with Crippen molar-refractivity contribution in [3.05, 3.63) is 77.1 Å². The summed E-state index contributed by atoms with van der Waals surface area (Å²) in [6.07, 6.45) is 3.32. The average molecular weight is 518 g/mol. The Kier molecular flexibility index (Phi) is 7.49. The van der Waals surface area contributed by atoms with Crippen LogP contribution >= 0.6 is 0 Å². The van der Waals surface area contributed by atoms with E-state index >= 15 is 0 Å². The van der Waals surface area contributed by atoms with E-state index in [-0.39, 0.29) is 24.9 Å². The summed E-state index contributed by atoms with van der Waals surface area (Å²) < 4.78 is 6.86. The number of β-amino-alcohol motifs (C(OH)–C–C–N with tert-alkyl or cyclic N) is 1. The molecule has 0 bridgehead atoms. The van der Waals surface area contributed by atoms with Crippen molar-refractivity contribution in [3.8, 4) is 5.75 Å². The summed E-state index contributed by atoms with van der Waals surface area (Å²) >= 11 is 0. The number of aliphatic hydroxyl groups excluding tert-OH is 1. The van der Waals surface area contributed by atoms with E-state index in [1.165, 1.54) is 18.4 Å². The number of hydrogen-bond acceptors (Lipinski definition) is 6. The molecule has 38 heavy (non-hydrogen) atoms. The first kappa shape index (κ1) is 25.9. The van der Waals surface area contributed by atoms with Crippen molar-refractivity contribution in [1.82, 2.24) is 19.6 Å². The Hall–Kier alpha value is -3.69. The smallest absolute Gasteiger partial charge is 0.274 e. The fourth-order valence-corrected chi connectivity index (χ4v) is 5.21. The van der Waals surface area contributed by atoms with Crippen LogP contribution in [0.2, 0.25) is 0 Å². The topological polar surface area (TPSA) is 99.9 Å². The standard InChI is InChI=1S/C29H35N5O4/c1-19-16-32(2)31-26(19)29(37)34-14-13-33(17-24(35)18-34)27(22-6-4-5-21(15-22)20-7-8-20)28(36)30-23-9-11-25(38-3)12-10-23/h4-6,9-12,15-16,20,24,27,35H,7-8,13-14,17-18H2,1-3H3,(H,30,36). The molecule has 0 radical (unpaired) electrons. The van der Waals surface area contributed by atoms with E-state index in [1.807, 2.05) is 24.0 Å². The zero-order valence-corrected chi connectivity index (χ0v) is 22.1. The third kappa shape index (κ3) is 5.74. The van der Waals surface area contributed by atoms with Crippen molar-refractivity contribution in [3.63, 3.8) is 0 Å². The number of methoxy groups -OCH3 is 1.